The molecule has 1 fully saturated rings. The van der Waals surface area contributed by atoms with E-state index in [-0.39, 0.29) is 22.9 Å². The average Bonchev–Trinajstić information content (AvgIpc) is 3.52. The molecule has 4 aromatic carbocycles. The fourth-order valence-electron chi connectivity index (χ4n) is 7.04. The molecule has 212 valence electrons. The summed E-state index contributed by atoms with van der Waals surface area (Å²) in [6.07, 6.45) is 3.69. The van der Waals surface area contributed by atoms with Gasteiger partial charge in [0.25, 0.3) is 5.69 Å². The molecule has 3 heterocycles. The Morgan fingerprint density at radius 2 is 1.65 bits per heavy atom. The van der Waals surface area contributed by atoms with Crippen molar-refractivity contribution in [1.82, 2.24) is 4.90 Å². The molecule has 43 heavy (non-hydrogen) atoms. The third kappa shape index (κ3) is 3.74. The van der Waals surface area contributed by atoms with E-state index in [4.69, 9.17) is 4.74 Å². The fourth-order valence-corrected chi connectivity index (χ4v) is 7.04. The van der Waals surface area contributed by atoms with E-state index in [1.165, 1.54) is 31.4 Å². The van der Waals surface area contributed by atoms with E-state index in [1.807, 2.05) is 53.4 Å². The largest absolute Gasteiger partial charge is 0.497 e. The van der Waals surface area contributed by atoms with Crippen molar-refractivity contribution in [3.05, 3.63) is 141 Å². The third-order valence-electron chi connectivity index (χ3n) is 8.84. The fraction of sp³-hybridized carbons (Fsp3) is 0.147. The van der Waals surface area contributed by atoms with Gasteiger partial charge in [-0.05, 0) is 53.1 Å². The molecule has 9 heteroatoms. The van der Waals surface area contributed by atoms with Gasteiger partial charge in [0.05, 0.1) is 24.0 Å². The number of ether oxygens (including phenoxy) is 1. The number of hydrogen-bond acceptors (Lipinski definition) is 7. The van der Waals surface area contributed by atoms with Crippen molar-refractivity contribution in [2.75, 3.05) is 12.4 Å². The Morgan fingerprint density at radius 1 is 0.907 bits per heavy atom. The third-order valence-corrected chi connectivity index (χ3v) is 8.84. The maximum atomic E-state index is 14.8. The lowest BCUT2D eigenvalue weighted by molar-refractivity contribution is -0.384. The van der Waals surface area contributed by atoms with E-state index in [9.17, 15) is 24.5 Å². The zero-order chi connectivity index (χ0) is 29.9. The summed E-state index contributed by atoms with van der Waals surface area (Å²) in [7, 11) is 1.51. The highest BCUT2D eigenvalue weighted by Crippen LogP contribution is 2.62. The number of non-ortho nitro benzene ring substituents is 1. The number of nitro groups is 1. The van der Waals surface area contributed by atoms with Crippen LogP contribution in [0.5, 0.6) is 5.75 Å². The van der Waals surface area contributed by atoms with Crippen molar-refractivity contribution >= 4 is 34.9 Å². The predicted molar refractivity (Wildman–Crippen MR) is 159 cm³/mol. The van der Waals surface area contributed by atoms with Crippen LogP contribution < -0.4 is 10.1 Å². The van der Waals surface area contributed by atoms with Crippen molar-refractivity contribution in [3.8, 4) is 5.75 Å². The molecule has 0 radical (unpaired) electrons. The van der Waals surface area contributed by atoms with Crippen molar-refractivity contribution < 1.29 is 24.0 Å². The quantitative estimate of drug-likeness (QED) is 0.182. The second-order valence-corrected chi connectivity index (χ2v) is 10.9. The standard InChI is InChI=1S/C34H25N3O6/c1-43-24-9-6-8-22(19-24)31(39)29-28(30(38)21-13-15-23(16-14-21)37(41)42)34(26-11-4-5-12-27(26)35-33(34)40)32-25-10-3-2-7-20(25)17-18-36(29)32/h2-19,28-29,32H,1H3,(H,35,40)/t28-,29-,32+,34-/m0/s1. The van der Waals surface area contributed by atoms with Crippen LogP contribution in [0.2, 0.25) is 0 Å². The Morgan fingerprint density at radius 3 is 2.42 bits per heavy atom. The smallest absolute Gasteiger partial charge is 0.269 e. The highest BCUT2D eigenvalue weighted by atomic mass is 16.6. The molecule has 4 aromatic rings. The summed E-state index contributed by atoms with van der Waals surface area (Å²) in [4.78, 5) is 56.6. The molecular weight excluding hydrogens is 546 g/mol. The zero-order valence-corrected chi connectivity index (χ0v) is 23.0. The molecule has 9 nitrogen and oxygen atoms in total. The molecule has 7 rings (SSSR count). The minimum absolute atomic E-state index is 0.167. The maximum Gasteiger partial charge on any atom is 0.269 e. The van der Waals surface area contributed by atoms with Crippen molar-refractivity contribution in [2.45, 2.75) is 17.5 Å². The number of rotatable bonds is 6. The Bertz CT molecular complexity index is 1870. The Labute approximate surface area is 246 Å². The summed E-state index contributed by atoms with van der Waals surface area (Å²) in [5, 5.41) is 14.4. The average molecular weight is 572 g/mol. The topological polar surface area (TPSA) is 119 Å². The van der Waals surface area contributed by atoms with E-state index in [1.54, 1.807) is 36.5 Å². The molecule has 1 amide bonds. The van der Waals surface area contributed by atoms with Crippen LogP contribution in [0.25, 0.3) is 6.08 Å². The van der Waals surface area contributed by atoms with Gasteiger partial charge in [0.15, 0.2) is 11.6 Å². The molecule has 1 saturated heterocycles. The van der Waals surface area contributed by atoms with Crippen LogP contribution in [0.4, 0.5) is 11.4 Å². The van der Waals surface area contributed by atoms with E-state index in [2.05, 4.69) is 5.32 Å². The molecule has 0 bridgehead atoms. The number of Topliss-reactive ketones (excluding diaryl/α,β-unsaturated/α-hetero) is 2. The number of benzene rings is 4. The number of hydrogen-bond donors (Lipinski definition) is 1. The molecule has 1 spiro atoms. The lowest BCUT2D eigenvalue weighted by atomic mass is 9.62. The lowest BCUT2D eigenvalue weighted by Crippen LogP contribution is -2.49. The van der Waals surface area contributed by atoms with Crippen LogP contribution >= 0.6 is 0 Å². The van der Waals surface area contributed by atoms with Gasteiger partial charge in [-0.3, -0.25) is 24.5 Å². The molecular formula is C34H25N3O6. The molecule has 3 aliphatic heterocycles. The number of fused-ring (bicyclic) bond motifs is 6. The minimum atomic E-state index is -1.49. The molecule has 0 aromatic heterocycles. The van der Waals surface area contributed by atoms with Crippen LogP contribution in [-0.4, -0.2) is 40.4 Å². The van der Waals surface area contributed by atoms with Gasteiger partial charge in [-0.15, -0.1) is 0 Å². The first kappa shape index (κ1) is 26.3. The number of anilines is 1. The van der Waals surface area contributed by atoms with E-state index in [0.717, 1.165) is 11.1 Å². The Balaban J connectivity index is 1.51. The number of nitrogens with zero attached hydrogens (tertiary/aromatic N) is 2. The molecule has 4 atom stereocenters. The first-order chi connectivity index (χ1) is 20.9. The van der Waals surface area contributed by atoms with Crippen LogP contribution in [0.1, 0.15) is 43.4 Å². The summed E-state index contributed by atoms with van der Waals surface area (Å²) in [5.41, 5.74) is 1.76. The van der Waals surface area contributed by atoms with Crippen molar-refractivity contribution in [2.24, 2.45) is 5.92 Å². The van der Waals surface area contributed by atoms with Crippen LogP contribution in [-0.2, 0) is 10.2 Å². The molecule has 3 aliphatic rings. The zero-order valence-electron chi connectivity index (χ0n) is 23.0. The Kier molecular flexibility index (Phi) is 5.98. The van der Waals surface area contributed by atoms with Gasteiger partial charge >= 0.3 is 0 Å². The normalized spacial score (nSPS) is 22.9. The number of carbonyl (C=O) groups is 3. The van der Waals surface area contributed by atoms with Crippen LogP contribution in [0, 0.1) is 16.0 Å². The van der Waals surface area contributed by atoms with Gasteiger partial charge in [0.1, 0.15) is 17.2 Å². The first-order valence-corrected chi connectivity index (χ1v) is 13.8. The van der Waals surface area contributed by atoms with Gasteiger partial charge in [-0.1, -0.05) is 54.6 Å². The van der Waals surface area contributed by atoms with E-state index in [0.29, 0.717) is 22.6 Å². The second kappa shape index (κ2) is 9.77. The minimum Gasteiger partial charge on any atom is -0.497 e. The highest BCUT2D eigenvalue weighted by Gasteiger charge is 2.70. The summed E-state index contributed by atoms with van der Waals surface area (Å²) in [5.74, 6) is -1.88. The van der Waals surface area contributed by atoms with Gasteiger partial charge in [-0.25, -0.2) is 0 Å². The number of methoxy groups -OCH3 is 1. The molecule has 0 unspecified atom stereocenters. The lowest BCUT2D eigenvalue weighted by Gasteiger charge is -2.38. The van der Waals surface area contributed by atoms with Crippen molar-refractivity contribution in [1.29, 1.82) is 0 Å². The van der Waals surface area contributed by atoms with Gasteiger partial charge in [-0.2, -0.15) is 0 Å². The molecule has 1 N–H and O–H groups in total. The maximum absolute atomic E-state index is 14.8. The first-order valence-electron chi connectivity index (χ1n) is 13.8. The summed E-state index contributed by atoms with van der Waals surface area (Å²) < 4.78 is 5.39. The SMILES string of the molecule is COc1cccc(C(=O)[C@@H]2[C@@H](C(=O)c3ccc([N+](=O)[O-])cc3)[C@]3(C(=O)Nc4ccccc43)[C@H]3c4ccccc4C=CN23)c1. The predicted octanol–water partition coefficient (Wildman–Crippen LogP) is 5.59. The monoisotopic (exact) mass is 571 g/mol. The van der Waals surface area contributed by atoms with Gasteiger partial charge < -0.3 is 15.0 Å². The van der Waals surface area contributed by atoms with Crippen LogP contribution in [0.3, 0.4) is 0 Å². The van der Waals surface area contributed by atoms with Crippen LogP contribution in [0.15, 0.2) is 103 Å². The van der Waals surface area contributed by atoms with E-state index < -0.39 is 34.1 Å². The Hall–Kier alpha value is -5.57. The highest BCUT2D eigenvalue weighted by molar-refractivity contribution is 6.16. The van der Waals surface area contributed by atoms with Crippen molar-refractivity contribution in [3.63, 3.8) is 0 Å². The summed E-state index contributed by atoms with van der Waals surface area (Å²) in [6, 6.07) is 25.2. The number of ketones is 2. The molecule has 0 saturated carbocycles. The number of nitro benzene ring substituents is 1. The van der Waals surface area contributed by atoms with Gasteiger partial charge in [0.2, 0.25) is 5.91 Å². The number of para-hydroxylation sites is 1. The summed E-state index contributed by atoms with van der Waals surface area (Å²) in [6.45, 7) is 0. The number of carbonyl (C=O) groups excluding carboxylic acids is 3. The van der Waals surface area contributed by atoms with E-state index >= 15 is 0 Å². The summed E-state index contributed by atoms with van der Waals surface area (Å²) >= 11 is 0. The number of nitrogens with one attached hydrogen (secondary N) is 1. The van der Waals surface area contributed by atoms with Gasteiger partial charge in [0, 0.05) is 35.1 Å². The second-order valence-electron chi connectivity index (χ2n) is 10.9. The number of amides is 1. The molecule has 0 aliphatic carbocycles.